The predicted molar refractivity (Wildman–Crippen MR) is 56.6 cm³/mol. The molecule has 84 valence electrons. The molecule has 1 aromatic rings. The van der Waals surface area contributed by atoms with E-state index < -0.39 is 12.0 Å². The van der Waals surface area contributed by atoms with Crippen molar-refractivity contribution in [3.8, 4) is 0 Å². The van der Waals surface area contributed by atoms with Crippen LogP contribution < -0.4 is 5.32 Å². The Kier molecular flexibility index (Phi) is 4.83. The molecule has 0 fully saturated rings. The molecule has 1 rings (SSSR count). The molecular formula is C10H17N3O2. The summed E-state index contributed by atoms with van der Waals surface area (Å²) in [5.41, 5.74) is 0. The zero-order chi connectivity index (χ0) is 11.1. The fraction of sp³-hybridized carbons (Fsp3) is 0.600. The fourth-order valence-electron chi connectivity index (χ4n) is 1.33. The van der Waals surface area contributed by atoms with E-state index in [-0.39, 0.29) is 0 Å². The lowest BCUT2D eigenvalue weighted by atomic mass is 10.2. The number of carboxylic acids is 1. The van der Waals surface area contributed by atoms with Gasteiger partial charge in [-0.05, 0) is 19.4 Å². The molecule has 2 N–H and O–H groups in total. The molecule has 0 aliphatic carbocycles. The van der Waals surface area contributed by atoms with E-state index >= 15 is 0 Å². The van der Waals surface area contributed by atoms with Crippen molar-refractivity contribution in [3.63, 3.8) is 0 Å². The zero-order valence-corrected chi connectivity index (χ0v) is 8.89. The molecule has 0 spiro atoms. The third-order valence-corrected chi connectivity index (χ3v) is 2.17. The van der Waals surface area contributed by atoms with Crippen LogP contribution in [0.25, 0.3) is 0 Å². The molecule has 15 heavy (non-hydrogen) atoms. The smallest absolute Gasteiger partial charge is 0.320 e. The van der Waals surface area contributed by atoms with Crippen LogP contribution in [0.3, 0.4) is 0 Å². The minimum Gasteiger partial charge on any atom is -0.480 e. The highest BCUT2D eigenvalue weighted by Gasteiger charge is 2.15. The van der Waals surface area contributed by atoms with Crippen molar-refractivity contribution in [2.75, 3.05) is 6.54 Å². The Morgan fingerprint density at radius 2 is 2.47 bits per heavy atom. The first kappa shape index (κ1) is 11.7. The lowest BCUT2D eigenvalue weighted by Crippen LogP contribution is -2.37. The summed E-state index contributed by atoms with van der Waals surface area (Å²) < 4.78 is 1.88. The van der Waals surface area contributed by atoms with Crippen LogP contribution in [0.4, 0.5) is 0 Å². The summed E-state index contributed by atoms with van der Waals surface area (Å²) in [7, 11) is 0. The van der Waals surface area contributed by atoms with Gasteiger partial charge in [-0.25, -0.2) is 4.98 Å². The summed E-state index contributed by atoms with van der Waals surface area (Å²) in [5, 5.41) is 11.9. The quantitative estimate of drug-likeness (QED) is 0.697. The van der Waals surface area contributed by atoms with Crippen LogP contribution in [-0.4, -0.2) is 33.2 Å². The number of hydrogen-bond donors (Lipinski definition) is 2. The number of aryl methyl sites for hydroxylation is 1. The van der Waals surface area contributed by atoms with Crippen molar-refractivity contribution in [2.45, 2.75) is 32.4 Å². The molecular weight excluding hydrogens is 194 g/mol. The number of nitrogens with zero attached hydrogens (tertiary/aromatic N) is 2. The lowest BCUT2D eigenvalue weighted by molar-refractivity contribution is -0.139. The van der Waals surface area contributed by atoms with Crippen molar-refractivity contribution in [1.29, 1.82) is 0 Å². The predicted octanol–water partition coefficient (Wildman–Crippen LogP) is 0.726. The van der Waals surface area contributed by atoms with Gasteiger partial charge in [-0.1, -0.05) is 6.92 Å². The molecule has 0 aromatic carbocycles. The monoisotopic (exact) mass is 211 g/mol. The summed E-state index contributed by atoms with van der Waals surface area (Å²) in [6.07, 6.45) is 6.73. The number of hydrogen-bond acceptors (Lipinski definition) is 3. The number of nitrogens with one attached hydrogen (secondary N) is 1. The van der Waals surface area contributed by atoms with Crippen molar-refractivity contribution < 1.29 is 9.90 Å². The Hall–Kier alpha value is -1.36. The lowest BCUT2D eigenvalue weighted by Gasteiger charge is -2.13. The minimum absolute atomic E-state index is 0.465. The second kappa shape index (κ2) is 6.19. The normalized spacial score (nSPS) is 12.6. The first-order chi connectivity index (χ1) is 7.24. The van der Waals surface area contributed by atoms with E-state index in [1.807, 2.05) is 17.7 Å². The maximum atomic E-state index is 10.9. The SMILES string of the molecule is CCCNC(CCn1ccnc1)C(=O)O. The Morgan fingerprint density at radius 1 is 1.67 bits per heavy atom. The van der Waals surface area contributed by atoms with Crippen LogP contribution in [0, 0.1) is 0 Å². The highest BCUT2D eigenvalue weighted by molar-refractivity contribution is 5.73. The van der Waals surface area contributed by atoms with Crippen molar-refractivity contribution >= 4 is 5.97 Å². The van der Waals surface area contributed by atoms with Gasteiger partial charge in [0.2, 0.25) is 0 Å². The van der Waals surface area contributed by atoms with Crippen LogP contribution in [0.1, 0.15) is 19.8 Å². The van der Waals surface area contributed by atoms with Crippen LogP contribution >= 0.6 is 0 Å². The van der Waals surface area contributed by atoms with Crippen molar-refractivity contribution in [1.82, 2.24) is 14.9 Å². The second-order valence-corrected chi connectivity index (χ2v) is 3.43. The number of carbonyl (C=O) groups is 1. The highest BCUT2D eigenvalue weighted by Crippen LogP contribution is 1.97. The van der Waals surface area contributed by atoms with E-state index in [4.69, 9.17) is 5.11 Å². The molecule has 0 saturated heterocycles. The number of aliphatic carboxylic acids is 1. The second-order valence-electron chi connectivity index (χ2n) is 3.43. The maximum Gasteiger partial charge on any atom is 0.320 e. The third kappa shape index (κ3) is 4.12. The van der Waals surface area contributed by atoms with Gasteiger partial charge in [-0.2, -0.15) is 0 Å². The molecule has 5 heteroatoms. The minimum atomic E-state index is -0.788. The molecule has 0 aliphatic rings. The molecule has 0 aliphatic heterocycles. The van der Waals surface area contributed by atoms with E-state index in [2.05, 4.69) is 10.3 Å². The Balaban J connectivity index is 2.34. The molecule has 1 aromatic heterocycles. The summed E-state index contributed by atoms with van der Waals surface area (Å²) in [5.74, 6) is -0.788. The molecule has 0 amide bonds. The summed E-state index contributed by atoms with van der Waals surface area (Å²) in [6.45, 7) is 3.43. The zero-order valence-electron chi connectivity index (χ0n) is 8.89. The van der Waals surface area contributed by atoms with Gasteiger partial charge >= 0.3 is 5.97 Å². The molecule has 1 unspecified atom stereocenters. The average Bonchev–Trinajstić information content (AvgIpc) is 2.70. The van der Waals surface area contributed by atoms with E-state index in [1.165, 1.54) is 0 Å². The molecule has 1 heterocycles. The molecule has 0 saturated carbocycles. The van der Waals surface area contributed by atoms with Gasteiger partial charge in [0.15, 0.2) is 0 Å². The Labute approximate surface area is 89.1 Å². The van der Waals surface area contributed by atoms with Gasteiger partial charge in [0.25, 0.3) is 0 Å². The van der Waals surface area contributed by atoms with Crippen LogP contribution in [0.5, 0.6) is 0 Å². The number of carboxylic acid groups (broad SMARTS) is 1. The van der Waals surface area contributed by atoms with E-state index in [1.54, 1.807) is 12.5 Å². The van der Waals surface area contributed by atoms with E-state index in [0.717, 1.165) is 13.0 Å². The van der Waals surface area contributed by atoms with Gasteiger partial charge in [0, 0.05) is 18.9 Å². The Morgan fingerprint density at radius 3 is 3.00 bits per heavy atom. The van der Waals surface area contributed by atoms with E-state index in [9.17, 15) is 4.79 Å². The van der Waals surface area contributed by atoms with Gasteiger partial charge in [0.05, 0.1) is 6.33 Å². The molecule has 0 bridgehead atoms. The first-order valence-electron chi connectivity index (χ1n) is 5.16. The summed E-state index contributed by atoms with van der Waals surface area (Å²) in [4.78, 5) is 14.8. The number of rotatable bonds is 7. The first-order valence-corrected chi connectivity index (χ1v) is 5.16. The van der Waals surface area contributed by atoms with Gasteiger partial charge in [-0.3, -0.25) is 4.79 Å². The maximum absolute atomic E-state index is 10.9. The number of aromatic nitrogens is 2. The van der Waals surface area contributed by atoms with Crippen molar-refractivity contribution in [3.05, 3.63) is 18.7 Å². The van der Waals surface area contributed by atoms with Gasteiger partial charge in [0.1, 0.15) is 6.04 Å². The van der Waals surface area contributed by atoms with Crippen LogP contribution in [0.15, 0.2) is 18.7 Å². The molecule has 5 nitrogen and oxygen atoms in total. The van der Waals surface area contributed by atoms with Gasteiger partial charge in [-0.15, -0.1) is 0 Å². The third-order valence-electron chi connectivity index (χ3n) is 2.17. The Bertz CT molecular complexity index is 285. The van der Waals surface area contributed by atoms with Gasteiger partial charge < -0.3 is 15.0 Å². The topological polar surface area (TPSA) is 67.2 Å². The summed E-state index contributed by atoms with van der Waals surface area (Å²) in [6, 6.07) is -0.465. The highest BCUT2D eigenvalue weighted by atomic mass is 16.4. The largest absolute Gasteiger partial charge is 0.480 e. The molecule has 0 radical (unpaired) electrons. The summed E-state index contributed by atoms with van der Waals surface area (Å²) >= 11 is 0. The average molecular weight is 211 g/mol. The van der Waals surface area contributed by atoms with Crippen LogP contribution in [-0.2, 0) is 11.3 Å². The molecule has 1 atom stereocenters. The standard InChI is InChI=1S/C10H17N3O2/c1-2-4-12-9(10(14)15)3-6-13-7-5-11-8-13/h5,7-9,12H,2-4,6H2,1H3,(H,14,15). The van der Waals surface area contributed by atoms with Crippen LogP contribution in [0.2, 0.25) is 0 Å². The van der Waals surface area contributed by atoms with E-state index in [0.29, 0.717) is 13.0 Å². The fourth-order valence-corrected chi connectivity index (χ4v) is 1.33. The van der Waals surface area contributed by atoms with Crippen molar-refractivity contribution in [2.24, 2.45) is 0 Å². The number of imidazole rings is 1.